The Bertz CT molecular complexity index is 1140. The Hall–Kier alpha value is -2.94. The van der Waals surface area contributed by atoms with Gasteiger partial charge in [0.1, 0.15) is 12.3 Å². The third-order valence-electron chi connectivity index (χ3n) is 7.38. The molecule has 0 unspecified atom stereocenters. The van der Waals surface area contributed by atoms with Crippen LogP contribution in [0.3, 0.4) is 0 Å². The molecular weight excluding hydrogens is 483 g/mol. The van der Waals surface area contributed by atoms with Gasteiger partial charge in [-0.3, -0.25) is 14.7 Å². The number of carbonyl (C=O) groups is 1. The molecule has 2 fully saturated rings. The summed E-state index contributed by atoms with van der Waals surface area (Å²) in [6, 6.07) is 8.32. The van der Waals surface area contributed by atoms with E-state index in [1.54, 1.807) is 19.1 Å². The molecule has 1 saturated carbocycles. The van der Waals surface area contributed by atoms with Gasteiger partial charge in [-0.05, 0) is 60.9 Å². The number of benzene rings is 1. The third-order valence-corrected chi connectivity index (χ3v) is 7.38. The van der Waals surface area contributed by atoms with E-state index in [2.05, 4.69) is 15.0 Å². The van der Waals surface area contributed by atoms with Gasteiger partial charge < -0.3 is 9.94 Å². The number of carboxylic acid groups (broad SMARTS) is 1. The average molecular weight is 518 g/mol. The van der Waals surface area contributed by atoms with E-state index < -0.39 is 17.7 Å². The number of halogens is 3. The van der Waals surface area contributed by atoms with Crippen molar-refractivity contribution in [2.75, 3.05) is 13.1 Å². The van der Waals surface area contributed by atoms with E-state index in [1.807, 2.05) is 19.1 Å². The van der Waals surface area contributed by atoms with Crippen LogP contribution in [0.25, 0.3) is 0 Å². The molecule has 2 heterocycles. The van der Waals surface area contributed by atoms with Gasteiger partial charge in [-0.1, -0.05) is 49.5 Å². The molecule has 1 aliphatic heterocycles. The molecule has 0 amide bonds. The zero-order valence-corrected chi connectivity index (χ0v) is 21.4. The Labute approximate surface area is 215 Å². The van der Waals surface area contributed by atoms with E-state index in [9.17, 15) is 18.0 Å². The summed E-state index contributed by atoms with van der Waals surface area (Å²) >= 11 is 0. The molecule has 4 rings (SSSR count). The van der Waals surface area contributed by atoms with E-state index >= 15 is 0 Å². The summed E-state index contributed by atoms with van der Waals surface area (Å²) in [5.41, 5.74) is 3.37. The van der Waals surface area contributed by atoms with Crippen molar-refractivity contribution in [2.45, 2.75) is 77.6 Å². The van der Waals surface area contributed by atoms with Gasteiger partial charge in [-0.2, -0.15) is 13.2 Å². The maximum Gasteiger partial charge on any atom is 0.416 e. The van der Waals surface area contributed by atoms with Crippen LogP contribution in [0.5, 0.6) is 0 Å². The molecule has 0 atom stereocenters. The number of hydrogen-bond acceptors (Lipinski definition) is 5. The molecule has 9 heteroatoms. The van der Waals surface area contributed by atoms with Crippen LogP contribution in [0.4, 0.5) is 13.2 Å². The average Bonchev–Trinajstić information content (AvgIpc) is 2.85. The molecule has 0 radical (unpaired) electrons. The van der Waals surface area contributed by atoms with Crippen LogP contribution in [-0.2, 0) is 35.4 Å². The maximum atomic E-state index is 13.8. The smallest absolute Gasteiger partial charge is 0.416 e. The molecular formula is C28H34F3N3O3. The molecule has 0 spiro atoms. The first-order valence-corrected chi connectivity index (χ1v) is 13.0. The predicted molar refractivity (Wildman–Crippen MR) is 134 cm³/mol. The van der Waals surface area contributed by atoms with Gasteiger partial charge in [0, 0.05) is 25.3 Å². The summed E-state index contributed by atoms with van der Waals surface area (Å²) in [6.45, 7) is 5.40. The van der Waals surface area contributed by atoms with Crippen molar-refractivity contribution in [1.29, 1.82) is 0 Å². The summed E-state index contributed by atoms with van der Waals surface area (Å²) < 4.78 is 41.4. The van der Waals surface area contributed by atoms with Crippen molar-refractivity contribution < 1.29 is 27.9 Å². The molecule has 37 heavy (non-hydrogen) atoms. The highest BCUT2D eigenvalue weighted by Gasteiger charge is 2.36. The van der Waals surface area contributed by atoms with Gasteiger partial charge in [-0.15, -0.1) is 0 Å². The number of aromatic nitrogens is 1. The molecule has 1 saturated heterocycles. The molecule has 2 aromatic rings. The monoisotopic (exact) mass is 517 g/mol. The number of aryl methyl sites for hydroxylation is 1. The molecule has 1 aromatic carbocycles. The van der Waals surface area contributed by atoms with E-state index in [4.69, 9.17) is 9.94 Å². The zero-order valence-electron chi connectivity index (χ0n) is 21.4. The lowest BCUT2D eigenvalue weighted by atomic mass is 9.81. The van der Waals surface area contributed by atoms with Crippen LogP contribution < -0.4 is 0 Å². The van der Waals surface area contributed by atoms with Crippen molar-refractivity contribution >= 4 is 11.7 Å². The molecule has 2 aliphatic rings. The Balaban J connectivity index is 1.40. The summed E-state index contributed by atoms with van der Waals surface area (Å²) in [7, 11) is 0. The molecule has 200 valence electrons. The largest absolute Gasteiger partial charge is 0.481 e. The van der Waals surface area contributed by atoms with Crippen LogP contribution in [0.1, 0.15) is 85.5 Å². The highest BCUT2D eigenvalue weighted by molar-refractivity contribution is 5.96. The van der Waals surface area contributed by atoms with E-state index in [1.165, 1.54) is 6.07 Å². The summed E-state index contributed by atoms with van der Waals surface area (Å²) in [4.78, 5) is 23.2. The standard InChI is InChI=1S/C28H34F3N3O3/c1-3-25-21(14-34-15-22(16-34)27(35)36)10-12-26(32-25)18(2)33-37-17-19-9-11-23(20-7-5-4-6-8-20)24(13-19)28(29,30)31/h9-13,20,22H,3-8,14-17H2,1-2H3,(H,35,36)/b33-18-. The fourth-order valence-electron chi connectivity index (χ4n) is 5.24. The van der Waals surface area contributed by atoms with E-state index in [0.717, 1.165) is 43.4 Å². The van der Waals surface area contributed by atoms with Crippen molar-refractivity contribution in [1.82, 2.24) is 9.88 Å². The molecule has 1 N–H and O–H groups in total. The highest BCUT2D eigenvalue weighted by atomic mass is 19.4. The number of pyridine rings is 1. The Morgan fingerprint density at radius 1 is 1.16 bits per heavy atom. The quantitative estimate of drug-likeness (QED) is 0.318. The van der Waals surface area contributed by atoms with Crippen LogP contribution in [0.15, 0.2) is 35.5 Å². The maximum absolute atomic E-state index is 13.8. The first kappa shape index (κ1) is 27.1. The van der Waals surface area contributed by atoms with Crippen molar-refractivity contribution in [3.8, 4) is 0 Å². The first-order chi connectivity index (χ1) is 17.7. The Morgan fingerprint density at radius 2 is 1.89 bits per heavy atom. The number of likely N-dealkylation sites (tertiary alicyclic amines) is 1. The number of nitrogens with zero attached hydrogens (tertiary/aromatic N) is 3. The normalized spacial score (nSPS) is 18.0. The second-order valence-electron chi connectivity index (χ2n) is 10.1. The number of hydrogen-bond donors (Lipinski definition) is 1. The van der Waals surface area contributed by atoms with Gasteiger partial charge in [0.15, 0.2) is 0 Å². The fourth-order valence-corrected chi connectivity index (χ4v) is 5.24. The van der Waals surface area contributed by atoms with Gasteiger partial charge >= 0.3 is 12.1 Å². The summed E-state index contributed by atoms with van der Waals surface area (Å²) in [5.74, 6) is -1.11. The van der Waals surface area contributed by atoms with Gasteiger partial charge in [0.05, 0.1) is 17.2 Å². The molecule has 6 nitrogen and oxygen atoms in total. The van der Waals surface area contributed by atoms with E-state index in [0.29, 0.717) is 48.6 Å². The predicted octanol–water partition coefficient (Wildman–Crippen LogP) is 6.17. The van der Waals surface area contributed by atoms with Gasteiger partial charge in [0.25, 0.3) is 0 Å². The lowest BCUT2D eigenvalue weighted by Gasteiger charge is -2.36. The van der Waals surface area contributed by atoms with Gasteiger partial charge in [-0.25, -0.2) is 0 Å². The summed E-state index contributed by atoms with van der Waals surface area (Å²) in [6.07, 6.45) is 0.932. The van der Waals surface area contributed by atoms with E-state index in [-0.39, 0.29) is 18.4 Å². The van der Waals surface area contributed by atoms with Crippen molar-refractivity contribution in [3.63, 3.8) is 0 Å². The van der Waals surface area contributed by atoms with Crippen molar-refractivity contribution in [3.05, 3.63) is 64.0 Å². The second kappa shape index (κ2) is 11.6. The number of carboxylic acids is 1. The number of alkyl halides is 3. The van der Waals surface area contributed by atoms with Crippen LogP contribution in [-0.4, -0.2) is 39.8 Å². The SMILES string of the molecule is CCc1nc(/C(C)=N\OCc2ccc(C3CCCCC3)c(C(F)(F)F)c2)ccc1CN1CC(C(=O)O)C1. The summed E-state index contributed by atoms with van der Waals surface area (Å²) in [5, 5.41) is 13.2. The lowest BCUT2D eigenvalue weighted by Crippen LogP contribution is -2.49. The zero-order chi connectivity index (χ0) is 26.6. The van der Waals surface area contributed by atoms with Crippen LogP contribution >= 0.6 is 0 Å². The minimum Gasteiger partial charge on any atom is -0.481 e. The minimum atomic E-state index is -4.41. The lowest BCUT2D eigenvalue weighted by molar-refractivity contribution is -0.147. The third kappa shape index (κ3) is 6.69. The van der Waals surface area contributed by atoms with Crippen molar-refractivity contribution in [2.24, 2.45) is 11.1 Å². The Morgan fingerprint density at radius 3 is 2.54 bits per heavy atom. The topological polar surface area (TPSA) is 75.0 Å². The van der Waals surface area contributed by atoms with Crippen LogP contribution in [0, 0.1) is 5.92 Å². The number of oxime groups is 1. The molecule has 1 aliphatic carbocycles. The molecule has 0 bridgehead atoms. The fraction of sp³-hybridized carbons (Fsp3) is 0.536. The highest BCUT2D eigenvalue weighted by Crippen LogP contribution is 2.41. The molecule has 1 aromatic heterocycles. The Kier molecular flexibility index (Phi) is 8.52. The number of aliphatic carboxylic acids is 1. The number of rotatable bonds is 9. The second-order valence-corrected chi connectivity index (χ2v) is 10.1. The first-order valence-electron chi connectivity index (χ1n) is 13.0. The van der Waals surface area contributed by atoms with Gasteiger partial charge in [0.2, 0.25) is 0 Å². The minimum absolute atomic E-state index is 0.0397. The van der Waals surface area contributed by atoms with Crippen LogP contribution in [0.2, 0.25) is 0 Å².